The van der Waals surface area contributed by atoms with Gasteiger partial charge in [0, 0.05) is 18.8 Å². The van der Waals surface area contributed by atoms with Crippen molar-refractivity contribution in [2.45, 2.75) is 38.1 Å². The summed E-state index contributed by atoms with van der Waals surface area (Å²) in [7, 11) is -2.89. The Kier molecular flexibility index (Phi) is 4.63. The monoisotopic (exact) mass is 281 g/mol. The van der Waals surface area contributed by atoms with Crippen molar-refractivity contribution in [1.82, 2.24) is 5.32 Å². The standard InChI is InChI=1S/C15H23NO2S/c1-12-3-5-13(6-4-12)14(9-10-19(2,17)18)11-16-15-7-8-15/h3-6,14-16H,7-11H2,1-2H3. The molecule has 0 aromatic heterocycles. The minimum atomic E-state index is -2.89. The highest BCUT2D eigenvalue weighted by Crippen LogP contribution is 2.24. The van der Waals surface area contributed by atoms with Crippen molar-refractivity contribution in [1.29, 1.82) is 0 Å². The molecule has 0 bridgehead atoms. The zero-order chi connectivity index (χ0) is 13.9. The molecule has 4 heteroatoms. The van der Waals surface area contributed by atoms with Crippen LogP contribution >= 0.6 is 0 Å². The van der Waals surface area contributed by atoms with Crippen molar-refractivity contribution in [3.8, 4) is 0 Å². The lowest BCUT2D eigenvalue weighted by Crippen LogP contribution is -2.25. The summed E-state index contributed by atoms with van der Waals surface area (Å²) in [5, 5.41) is 3.51. The van der Waals surface area contributed by atoms with Crippen LogP contribution in [0, 0.1) is 6.92 Å². The molecule has 0 heterocycles. The van der Waals surface area contributed by atoms with Gasteiger partial charge in [0.15, 0.2) is 0 Å². The zero-order valence-corrected chi connectivity index (χ0v) is 12.5. The van der Waals surface area contributed by atoms with E-state index < -0.39 is 9.84 Å². The number of aryl methyl sites for hydroxylation is 1. The van der Waals surface area contributed by atoms with Gasteiger partial charge in [-0.05, 0) is 37.7 Å². The first-order valence-corrected chi connectivity index (χ1v) is 8.98. The van der Waals surface area contributed by atoms with Gasteiger partial charge >= 0.3 is 0 Å². The molecule has 0 saturated heterocycles. The van der Waals surface area contributed by atoms with Crippen LogP contribution in [0.4, 0.5) is 0 Å². The van der Waals surface area contributed by atoms with Crippen molar-refractivity contribution < 1.29 is 8.42 Å². The third-order valence-corrected chi connectivity index (χ3v) is 4.59. The van der Waals surface area contributed by atoms with Crippen LogP contribution in [-0.2, 0) is 9.84 Å². The van der Waals surface area contributed by atoms with Crippen LogP contribution in [0.1, 0.15) is 36.3 Å². The average molecular weight is 281 g/mol. The summed E-state index contributed by atoms with van der Waals surface area (Å²) in [5.74, 6) is 0.550. The van der Waals surface area contributed by atoms with Gasteiger partial charge in [-0.15, -0.1) is 0 Å². The van der Waals surface area contributed by atoms with E-state index in [9.17, 15) is 8.42 Å². The van der Waals surface area contributed by atoms with Crippen molar-refractivity contribution in [2.75, 3.05) is 18.6 Å². The minimum Gasteiger partial charge on any atom is -0.313 e. The van der Waals surface area contributed by atoms with Crippen molar-refractivity contribution in [3.05, 3.63) is 35.4 Å². The number of hydrogen-bond acceptors (Lipinski definition) is 3. The number of hydrogen-bond donors (Lipinski definition) is 1. The van der Waals surface area contributed by atoms with E-state index in [4.69, 9.17) is 0 Å². The maximum atomic E-state index is 11.4. The SMILES string of the molecule is Cc1ccc(C(CCS(C)(=O)=O)CNC2CC2)cc1. The Balaban J connectivity index is 2.01. The third-order valence-electron chi connectivity index (χ3n) is 3.62. The fourth-order valence-corrected chi connectivity index (χ4v) is 2.89. The Morgan fingerprint density at radius 3 is 2.42 bits per heavy atom. The molecule has 0 radical (unpaired) electrons. The molecule has 1 aromatic rings. The lowest BCUT2D eigenvalue weighted by atomic mass is 9.95. The first-order valence-electron chi connectivity index (χ1n) is 6.92. The van der Waals surface area contributed by atoms with Crippen LogP contribution < -0.4 is 5.32 Å². The summed E-state index contributed by atoms with van der Waals surface area (Å²) < 4.78 is 22.7. The fourth-order valence-electron chi connectivity index (χ4n) is 2.18. The van der Waals surface area contributed by atoms with E-state index in [0.29, 0.717) is 12.5 Å². The summed E-state index contributed by atoms with van der Waals surface area (Å²) >= 11 is 0. The largest absolute Gasteiger partial charge is 0.313 e. The maximum Gasteiger partial charge on any atom is 0.147 e. The van der Waals surface area contributed by atoms with Gasteiger partial charge in [0.2, 0.25) is 0 Å². The Morgan fingerprint density at radius 1 is 1.26 bits per heavy atom. The maximum absolute atomic E-state index is 11.4. The third kappa shape index (κ3) is 5.33. The molecule has 1 aliphatic carbocycles. The van der Waals surface area contributed by atoms with Gasteiger partial charge in [-0.3, -0.25) is 0 Å². The normalized spacial score (nSPS) is 17.4. The highest BCUT2D eigenvalue weighted by Gasteiger charge is 2.23. The Hall–Kier alpha value is -0.870. The van der Waals surface area contributed by atoms with Crippen molar-refractivity contribution in [2.24, 2.45) is 0 Å². The van der Waals surface area contributed by atoms with Gasteiger partial charge in [-0.25, -0.2) is 8.42 Å². The summed E-state index contributed by atoms with van der Waals surface area (Å²) in [6, 6.07) is 9.10. The van der Waals surface area contributed by atoms with Gasteiger partial charge in [-0.2, -0.15) is 0 Å². The molecule has 0 amide bonds. The van der Waals surface area contributed by atoms with Crippen LogP contribution in [-0.4, -0.2) is 33.0 Å². The quantitative estimate of drug-likeness (QED) is 0.834. The van der Waals surface area contributed by atoms with E-state index in [1.165, 1.54) is 30.2 Å². The Bertz CT molecular complexity index is 503. The fraction of sp³-hybridized carbons (Fsp3) is 0.600. The number of rotatable bonds is 7. The number of sulfone groups is 1. The van der Waals surface area contributed by atoms with Crippen LogP contribution in [0.5, 0.6) is 0 Å². The van der Waals surface area contributed by atoms with Crippen molar-refractivity contribution >= 4 is 9.84 Å². The van der Waals surface area contributed by atoms with E-state index in [1.807, 2.05) is 0 Å². The second kappa shape index (κ2) is 6.06. The highest BCUT2D eigenvalue weighted by molar-refractivity contribution is 7.90. The van der Waals surface area contributed by atoms with Crippen LogP contribution in [0.25, 0.3) is 0 Å². The molecule has 1 unspecified atom stereocenters. The summed E-state index contributed by atoms with van der Waals surface area (Å²) in [4.78, 5) is 0. The molecule has 1 fully saturated rings. The second-order valence-electron chi connectivity index (χ2n) is 5.71. The van der Waals surface area contributed by atoms with Gasteiger partial charge in [0.1, 0.15) is 9.84 Å². The minimum absolute atomic E-state index is 0.262. The smallest absolute Gasteiger partial charge is 0.147 e. The van der Waals surface area contributed by atoms with Gasteiger partial charge in [0.25, 0.3) is 0 Å². The van der Waals surface area contributed by atoms with Crippen LogP contribution in [0.3, 0.4) is 0 Å². The Morgan fingerprint density at radius 2 is 1.89 bits per heavy atom. The molecule has 1 saturated carbocycles. The second-order valence-corrected chi connectivity index (χ2v) is 7.97. The van der Waals surface area contributed by atoms with E-state index >= 15 is 0 Å². The van der Waals surface area contributed by atoms with E-state index in [2.05, 4.69) is 36.5 Å². The van der Waals surface area contributed by atoms with Crippen LogP contribution in [0.15, 0.2) is 24.3 Å². The molecule has 1 N–H and O–H groups in total. The summed E-state index contributed by atoms with van der Waals surface area (Å²) in [6.45, 7) is 2.95. The first kappa shape index (κ1) is 14.5. The molecular weight excluding hydrogens is 258 g/mol. The molecule has 1 aliphatic rings. The highest BCUT2D eigenvalue weighted by atomic mass is 32.2. The van der Waals surface area contributed by atoms with E-state index in [-0.39, 0.29) is 11.7 Å². The lowest BCUT2D eigenvalue weighted by Gasteiger charge is -2.18. The molecule has 2 rings (SSSR count). The summed E-state index contributed by atoms with van der Waals surface area (Å²) in [6.07, 6.45) is 4.52. The summed E-state index contributed by atoms with van der Waals surface area (Å²) in [5.41, 5.74) is 2.48. The molecule has 19 heavy (non-hydrogen) atoms. The van der Waals surface area contributed by atoms with Crippen LogP contribution in [0.2, 0.25) is 0 Å². The first-order chi connectivity index (χ1) is 8.94. The van der Waals surface area contributed by atoms with Gasteiger partial charge < -0.3 is 5.32 Å². The molecule has 0 aliphatic heterocycles. The molecule has 106 valence electrons. The average Bonchev–Trinajstić information content (AvgIpc) is 3.13. The predicted molar refractivity (Wildman–Crippen MR) is 79.3 cm³/mol. The topological polar surface area (TPSA) is 46.2 Å². The Labute approximate surface area is 116 Å². The predicted octanol–water partition coefficient (Wildman–Crippen LogP) is 2.27. The van der Waals surface area contributed by atoms with Gasteiger partial charge in [-0.1, -0.05) is 29.8 Å². The molecule has 3 nitrogen and oxygen atoms in total. The molecule has 1 atom stereocenters. The molecule has 0 spiro atoms. The zero-order valence-electron chi connectivity index (χ0n) is 11.7. The van der Waals surface area contributed by atoms with E-state index in [0.717, 1.165) is 6.54 Å². The number of nitrogens with one attached hydrogen (secondary N) is 1. The van der Waals surface area contributed by atoms with E-state index in [1.54, 1.807) is 0 Å². The molecule has 1 aromatic carbocycles. The van der Waals surface area contributed by atoms with Crippen molar-refractivity contribution in [3.63, 3.8) is 0 Å². The molecular formula is C15H23NO2S. The lowest BCUT2D eigenvalue weighted by molar-refractivity contribution is 0.556. The number of benzene rings is 1. The van der Waals surface area contributed by atoms with Gasteiger partial charge in [0.05, 0.1) is 5.75 Å².